The molecule has 1 saturated heterocycles. The van der Waals surface area contributed by atoms with E-state index in [2.05, 4.69) is 42.9 Å². The minimum atomic E-state index is -2.71. The lowest BCUT2D eigenvalue weighted by molar-refractivity contribution is 0.150. The molecule has 1 saturated carbocycles. The quantitative estimate of drug-likeness (QED) is 0.523. The summed E-state index contributed by atoms with van der Waals surface area (Å²) in [6.45, 7) is 3.48. The van der Waals surface area contributed by atoms with Crippen LogP contribution in [-0.2, 0) is 11.4 Å². The van der Waals surface area contributed by atoms with Crippen LogP contribution in [0.25, 0.3) is 16.0 Å². The predicted octanol–water partition coefficient (Wildman–Crippen LogP) is 2.62. The largest absolute Gasteiger partial charge is 0.593 e. The maximum atomic E-state index is 13.2. The van der Waals surface area contributed by atoms with Crippen LogP contribution in [0.4, 0.5) is 14.5 Å². The summed E-state index contributed by atoms with van der Waals surface area (Å²) in [6.07, 6.45) is 1.25. The van der Waals surface area contributed by atoms with Crippen LogP contribution in [0.2, 0.25) is 0 Å². The number of anilines is 1. The number of aromatic nitrogens is 4. The zero-order valence-corrected chi connectivity index (χ0v) is 19.5. The van der Waals surface area contributed by atoms with Crippen LogP contribution in [0.5, 0.6) is 0 Å². The van der Waals surface area contributed by atoms with Crippen molar-refractivity contribution in [2.24, 2.45) is 0 Å². The summed E-state index contributed by atoms with van der Waals surface area (Å²) < 4.78 is 43.7. The normalized spacial score (nSPS) is 19.6. The lowest BCUT2D eigenvalue weighted by atomic mass is 10.2. The Morgan fingerprint density at radius 2 is 2.06 bits per heavy atom. The minimum absolute atomic E-state index is 0.216. The highest BCUT2D eigenvalue weighted by atomic mass is 32.2. The first-order valence-corrected chi connectivity index (χ1v) is 12.5. The number of halogens is 2. The van der Waals surface area contributed by atoms with E-state index in [1.165, 1.54) is 4.68 Å². The standard InChI is InChI=1S/C20H22F2N8OS2/c1-28-5-2-6-29(8-7-28)15-9-13(33(31)27-20(12-23)3-4-20)10-16-14(15)11-24-30(16)19-26-25-18(32-19)17(21)22/h9-11,17,27H,2-8H2,1H3. The topological polar surface area (TPSA) is 109 Å². The number of nitriles is 1. The second kappa shape index (κ2) is 8.77. The Hall–Kier alpha value is -2.37. The fourth-order valence-electron chi connectivity index (χ4n) is 3.89. The highest BCUT2D eigenvalue weighted by Gasteiger charge is 2.48. The number of likely N-dealkylation sites (N-methyl/N-ethyl adjacent to an activating group) is 1. The van der Waals surface area contributed by atoms with E-state index in [-0.39, 0.29) is 10.1 Å². The van der Waals surface area contributed by atoms with Crippen LogP contribution in [0.1, 0.15) is 30.7 Å². The number of alkyl halides is 2. The van der Waals surface area contributed by atoms with Crippen molar-refractivity contribution in [1.82, 2.24) is 29.6 Å². The van der Waals surface area contributed by atoms with E-state index in [1.807, 2.05) is 6.07 Å². The van der Waals surface area contributed by atoms with E-state index in [0.717, 1.165) is 55.0 Å². The van der Waals surface area contributed by atoms with Crippen molar-refractivity contribution in [2.75, 3.05) is 38.1 Å². The van der Waals surface area contributed by atoms with Crippen molar-refractivity contribution >= 4 is 39.3 Å². The molecule has 33 heavy (non-hydrogen) atoms. The van der Waals surface area contributed by atoms with Gasteiger partial charge in [-0.05, 0) is 32.9 Å². The molecule has 9 nitrogen and oxygen atoms in total. The Morgan fingerprint density at radius 3 is 2.76 bits per heavy atom. The molecule has 1 unspecified atom stereocenters. The molecule has 1 atom stereocenters. The van der Waals surface area contributed by atoms with Crippen LogP contribution < -0.4 is 9.62 Å². The second-order valence-electron chi connectivity index (χ2n) is 8.36. The maximum Gasteiger partial charge on any atom is 0.291 e. The third-order valence-corrected chi connectivity index (χ3v) is 8.11. The lowest BCUT2D eigenvalue weighted by Gasteiger charge is -2.24. The van der Waals surface area contributed by atoms with Gasteiger partial charge in [0.05, 0.1) is 34.8 Å². The number of fused-ring (bicyclic) bond motifs is 1. The second-order valence-corrected chi connectivity index (χ2v) is 10.6. The number of nitrogens with one attached hydrogen (secondary N) is 1. The van der Waals surface area contributed by atoms with Gasteiger partial charge in [-0.3, -0.25) is 0 Å². The number of benzene rings is 1. The third-order valence-electron chi connectivity index (χ3n) is 5.96. The molecule has 1 N–H and O–H groups in total. The molecule has 2 fully saturated rings. The summed E-state index contributed by atoms with van der Waals surface area (Å²) in [6, 6.07) is 5.80. The highest BCUT2D eigenvalue weighted by molar-refractivity contribution is 7.89. The molecule has 0 radical (unpaired) electrons. The fraction of sp³-hybridized carbons (Fsp3) is 0.500. The number of hydrogen-bond donors (Lipinski definition) is 1. The fourth-order valence-corrected chi connectivity index (χ4v) is 5.72. The molecule has 3 aromatic rings. The van der Waals surface area contributed by atoms with Crippen molar-refractivity contribution in [3.05, 3.63) is 23.3 Å². The molecule has 0 spiro atoms. The van der Waals surface area contributed by atoms with Crippen LogP contribution >= 0.6 is 11.3 Å². The molecule has 174 valence electrons. The average Bonchev–Trinajstić information content (AvgIpc) is 3.25. The molecule has 5 rings (SSSR count). The molecule has 1 aromatic carbocycles. The van der Waals surface area contributed by atoms with Crippen molar-refractivity contribution < 1.29 is 13.3 Å². The zero-order valence-electron chi connectivity index (χ0n) is 17.9. The Morgan fingerprint density at radius 1 is 1.24 bits per heavy atom. The van der Waals surface area contributed by atoms with E-state index < -0.39 is 23.3 Å². The molecule has 1 aliphatic heterocycles. The molecule has 2 aromatic heterocycles. The van der Waals surface area contributed by atoms with Crippen LogP contribution in [0, 0.1) is 11.3 Å². The van der Waals surface area contributed by atoms with E-state index >= 15 is 0 Å². The molecule has 3 heterocycles. The Balaban J connectivity index is 1.59. The molecular weight excluding hydrogens is 470 g/mol. The van der Waals surface area contributed by atoms with Crippen molar-refractivity contribution in [3.63, 3.8) is 0 Å². The number of rotatable bonds is 6. The van der Waals surface area contributed by atoms with Crippen molar-refractivity contribution in [3.8, 4) is 11.2 Å². The van der Waals surface area contributed by atoms with Gasteiger partial charge in [0.1, 0.15) is 5.54 Å². The third kappa shape index (κ3) is 4.41. The van der Waals surface area contributed by atoms with Gasteiger partial charge in [-0.15, -0.1) is 14.9 Å². The first kappa shape index (κ1) is 22.4. The summed E-state index contributed by atoms with van der Waals surface area (Å²) in [4.78, 5) is 5.00. The predicted molar refractivity (Wildman–Crippen MR) is 121 cm³/mol. The van der Waals surface area contributed by atoms with Crippen molar-refractivity contribution in [1.29, 1.82) is 5.26 Å². The van der Waals surface area contributed by atoms with Gasteiger partial charge in [0, 0.05) is 37.2 Å². The van der Waals surface area contributed by atoms with Crippen LogP contribution in [0.3, 0.4) is 0 Å². The SMILES string of the molecule is CN1CCCN(c2cc([S+]([O-])NC3(C#N)CC3)cc3c2cnn3-c2nnc(C(F)F)s2)CC1. The van der Waals surface area contributed by atoms with Gasteiger partial charge in [-0.2, -0.15) is 10.4 Å². The van der Waals surface area contributed by atoms with Gasteiger partial charge < -0.3 is 14.4 Å². The smallest absolute Gasteiger partial charge is 0.291 e. The summed E-state index contributed by atoms with van der Waals surface area (Å²) in [5, 5.41) is 21.9. The Kier molecular flexibility index (Phi) is 5.96. The van der Waals surface area contributed by atoms with Gasteiger partial charge in [-0.25, -0.2) is 13.5 Å². The van der Waals surface area contributed by atoms with Crippen molar-refractivity contribution in [2.45, 2.75) is 36.1 Å². The molecule has 0 bridgehead atoms. The van der Waals surface area contributed by atoms with E-state index in [4.69, 9.17) is 0 Å². The summed E-state index contributed by atoms with van der Waals surface area (Å²) in [7, 11) is 2.08. The highest BCUT2D eigenvalue weighted by Crippen LogP contribution is 2.38. The van der Waals surface area contributed by atoms with Gasteiger partial charge in [0.15, 0.2) is 9.90 Å². The minimum Gasteiger partial charge on any atom is -0.593 e. The first-order valence-electron chi connectivity index (χ1n) is 10.6. The molecule has 1 aliphatic carbocycles. The van der Waals surface area contributed by atoms with Gasteiger partial charge in [0.2, 0.25) is 5.13 Å². The molecule has 13 heteroatoms. The van der Waals surface area contributed by atoms with Gasteiger partial charge >= 0.3 is 0 Å². The summed E-state index contributed by atoms with van der Waals surface area (Å²) in [5.41, 5.74) is 0.727. The molecule has 2 aliphatic rings. The molecular formula is C20H22F2N8OS2. The summed E-state index contributed by atoms with van der Waals surface area (Å²) in [5.74, 6) is 0. The Labute approximate surface area is 196 Å². The van der Waals surface area contributed by atoms with Gasteiger partial charge in [0.25, 0.3) is 6.43 Å². The van der Waals surface area contributed by atoms with Crippen LogP contribution in [-0.4, -0.2) is 68.2 Å². The van der Waals surface area contributed by atoms with E-state index in [1.54, 1.807) is 12.3 Å². The van der Waals surface area contributed by atoms with E-state index in [9.17, 15) is 18.6 Å². The lowest BCUT2D eigenvalue weighted by Crippen LogP contribution is -2.35. The Bertz CT molecular complexity index is 1200. The first-order chi connectivity index (χ1) is 15.9. The zero-order chi connectivity index (χ0) is 23.2. The summed E-state index contributed by atoms with van der Waals surface area (Å²) >= 11 is -0.857. The van der Waals surface area contributed by atoms with Crippen LogP contribution in [0.15, 0.2) is 23.2 Å². The van der Waals surface area contributed by atoms with E-state index in [0.29, 0.717) is 23.3 Å². The monoisotopic (exact) mass is 492 g/mol. The molecule has 0 amide bonds. The average molecular weight is 493 g/mol. The number of nitrogens with zero attached hydrogens (tertiary/aromatic N) is 7. The van der Waals surface area contributed by atoms with Gasteiger partial charge in [-0.1, -0.05) is 11.3 Å². The number of hydrogen-bond acceptors (Lipinski definition) is 9. The maximum absolute atomic E-state index is 13.2.